The second-order valence-corrected chi connectivity index (χ2v) is 7.94. The third-order valence-electron chi connectivity index (χ3n) is 5.96. The first-order valence-electron chi connectivity index (χ1n) is 10.7. The summed E-state index contributed by atoms with van der Waals surface area (Å²) in [5.74, 6) is 1.16. The number of carbonyl (C=O) groups excluding carboxylic acids is 1. The minimum absolute atomic E-state index is 0.275. The van der Waals surface area contributed by atoms with Crippen molar-refractivity contribution in [2.45, 2.75) is 57.5 Å². The summed E-state index contributed by atoms with van der Waals surface area (Å²) in [6.07, 6.45) is 4.43. The van der Waals surface area contributed by atoms with Crippen LogP contribution in [0.2, 0.25) is 0 Å². The number of benzene rings is 2. The van der Waals surface area contributed by atoms with Crippen molar-refractivity contribution >= 4 is 16.7 Å². The van der Waals surface area contributed by atoms with Gasteiger partial charge in [-0.2, -0.15) is 0 Å². The quantitative estimate of drug-likeness (QED) is 0.525. The van der Waals surface area contributed by atoms with Crippen LogP contribution in [0.3, 0.4) is 0 Å². The van der Waals surface area contributed by atoms with Crippen LogP contribution in [0.25, 0.3) is 10.8 Å². The SMILES string of the molecule is CCOC(=O)c1ccc(C2CCCC(NC(C)c3cccc4ccccc34)C2)o1. The molecule has 0 spiro atoms. The maximum Gasteiger partial charge on any atom is 0.374 e. The Morgan fingerprint density at radius 3 is 2.83 bits per heavy atom. The van der Waals surface area contributed by atoms with E-state index in [1.165, 1.54) is 16.3 Å². The average Bonchev–Trinajstić information content (AvgIpc) is 3.24. The number of hydrogen-bond acceptors (Lipinski definition) is 4. The average molecular weight is 392 g/mol. The molecule has 0 aliphatic heterocycles. The lowest BCUT2D eigenvalue weighted by molar-refractivity contribution is 0.0486. The summed E-state index contributed by atoms with van der Waals surface area (Å²) in [5, 5.41) is 6.44. The summed E-state index contributed by atoms with van der Waals surface area (Å²) in [5.41, 5.74) is 1.34. The van der Waals surface area contributed by atoms with Crippen molar-refractivity contribution in [3.8, 4) is 0 Å². The summed E-state index contributed by atoms with van der Waals surface area (Å²) >= 11 is 0. The van der Waals surface area contributed by atoms with E-state index in [-0.39, 0.29) is 12.0 Å². The van der Waals surface area contributed by atoms with E-state index in [4.69, 9.17) is 9.15 Å². The van der Waals surface area contributed by atoms with E-state index in [0.29, 0.717) is 24.3 Å². The first-order chi connectivity index (χ1) is 14.2. The van der Waals surface area contributed by atoms with E-state index >= 15 is 0 Å². The molecule has 0 radical (unpaired) electrons. The summed E-state index contributed by atoms with van der Waals surface area (Å²) in [6, 6.07) is 19.5. The van der Waals surface area contributed by atoms with Crippen LogP contribution < -0.4 is 5.32 Å². The van der Waals surface area contributed by atoms with E-state index in [9.17, 15) is 4.79 Å². The second kappa shape index (κ2) is 8.83. The molecule has 1 saturated carbocycles. The van der Waals surface area contributed by atoms with Crippen molar-refractivity contribution < 1.29 is 13.9 Å². The Balaban J connectivity index is 1.44. The van der Waals surface area contributed by atoms with Crippen molar-refractivity contribution in [2.24, 2.45) is 0 Å². The molecule has 3 unspecified atom stereocenters. The first kappa shape index (κ1) is 19.7. The molecule has 1 N–H and O–H groups in total. The molecule has 1 heterocycles. The number of ether oxygens (including phenoxy) is 1. The van der Waals surface area contributed by atoms with Gasteiger partial charge in [0.15, 0.2) is 0 Å². The van der Waals surface area contributed by atoms with Gasteiger partial charge < -0.3 is 14.5 Å². The Hall–Kier alpha value is -2.59. The number of rotatable bonds is 6. The van der Waals surface area contributed by atoms with E-state index in [0.717, 1.165) is 31.4 Å². The fraction of sp³-hybridized carbons (Fsp3) is 0.400. The molecule has 4 nitrogen and oxygen atoms in total. The summed E-state index contributed by atoms with van der Waals surface area (Å²) in [7, 11) is 0. The number of carbonyl (C=O) groups is 1. The van der Waals surface area contributed by atoms with Crippen LogP contribution in [0.1, 0.15) is 73.4 Å². The molecular formula is C25H29NO3. The molecule has 152 valence electrons. The molecule has 1 fully saturated rings. The molecule has 0 bridgehead atoms. The van der Waals surface area contributed by atoms with Crippen LogP contribution in [-0.2, 0) is 4.74 Å². The summed E-state index contributed by atoms with van der Waals surface area (Å²) < 4.78 is 10.9. The largest absolute Gasteiger partial charge is 0.460 e. The van der Waals surface area contributed by atoms with Crippen molar-refractivity contribution in [1.82, 2.24) is 5.32 Å². The molecule has 1 aliphatic rings. The predicted molar refractivity (Wildman–Crippen MR) is 115 cm³/mol. The summed E-state index contributed by atoms with van der Waals surface area (Å²) in [4.78, 5) is 11.9. The number of nitrogens with one attached hydrogen (secondary N) is 1. The zero-order valence-corrected chi connectivity index (χ0v) is 17.2. The maximum absolute atomic E-state index is 11.9. The highest BCUT2D eigenvalue weighted by molar-refractivity contribution is 5.86. The standard InChI is InChI=1S/C25H29NO3/c1-3-28-25(27)24-15-14-23(29-24)19-10-6-11-20(16-19)26-17(2)21-13-7-9-18-8-4-5-12-22(18)21/h4-5,7-9,12-15,17,19-20,26H,3,6,10-11,16H2,1-2H3. The third kappa shape index (κ3) is 4.38. The van der Waals surface area contributed by atoms with Crippen LogP contribution in [0.5, 0.6) is 0 Å². The highest BCUT2D eigenvalue weighted by Gasteiger charge is 2.27. The highest BCUT2D eigenvalue weighted by Crippen LogP contribution is 2.35. The first-order valence-corrected chi connectivity index (χ1v) is 10.7. The lowest BCUT2D eigenvalue weighted by Gasteiger charge is -2.31. The minimum Gasteiger partial charge on any atom is -0.460 e. The molecule has 1 aliphatic carbocycles. The molecule has 4 rings (SSSR count). The molecule has 0 saturated heterocycles. The van der Waals surface area contributed by atoms with E-state index < -0.39 is 0 Å². The zero-order valence-electron chi connectivity index (χ0n) is 17.2. The topological polar surface area (TPSA) is 51.5 Å². The molecule has 4 heteroatoms. The van der Waals surface area contributed by atoms with Gasteiger partial charge in [0, 0.05) is 18.0 Å². The Morgan fingerprint density at radius 2 is 1.97 bits per heavy atom. The second-order valence-electron chi connectivity index (χ2n) is 7.94. The van der Waals surface area contributed by atoms with E-state index in [2.05, 4.69) is 54.7 Å². The van der Waals surface area contributed by atoms with Gasteiger partial charge in [-0.3, -0.25) is 0 Å². The third-order valence-corrected chi connectivity index (χ3v) is 5.96. The molecule has 3 aromatic rings. The normalized spacial score (nSPS) is 20.5. The highest BCUT2D eigenvalue weighted by atomic mass is 16.5. The van der Waals surface area contributed by atoms with Gasteiger partial charge >= 0.3 is 5.97 Å². The monoisotopic (exact) mass is 391 g/mol. The molecule has 0 amide bonds. The predicted octanol–water partition coefficient (Wildman–Crippen LogP) is 5.99. The smallest absolute Gasteiger partial charge is 0.374 e. The molecule has 2 aromatic carbocycles. The molecular weight excluding hydrogens is 362 g/mol. The maximum atomic E-state index is 11.9. The van der Waals surface area contributed by atoms with Gasteiger partial charge in [0.2, 0.25) is 5.76 Å². The lowest BCUT2D eigenvalue weighted by Crippen LogP contribution is -2.35. The number of fused-ring (bicyclic) bond motifs is 1. The van der Waals surface area contributed by atoms with Gasteiger partial charge in [-0.15, -0.1) is 0 Å². The van der Waals surface area contributed by atoms with Gasteiger partial charge in [0.1, 0.15) is 5.76 Å². The fourth-order valence-electron chi connectivity index (χ4n) is 4.56. The fourth-order valence-corrected chi connectivity index (χ4v) is 4.56. The van der Waals surface area contributed by atoms with E-state index in [1.807, 2.05) is 6.07 Å². The Kier molecular flexibility index (Phi) is 6.00. The van der Waals surface area contributed by atoms with E-state index in [1.54, 1.807) is 13.0 Å². The van der Waals surface area contributed by atoms with Crippen LogP contribution in [0, 0.1) is 0 Å². The Morgan fingerprint density at radius 1 is 1.14 bits per heavy atom. The number of hydrogen-bond donors (Lipinski definition) is 1. The Labute approximate surface area is 172 Å². The number of esters is 1. The van der Waals surface area contributed by atoms with Crippen molar-refractivity contribution in [1.29, 1.82) is 0 Å². The van der Waals surface area contributed by atoms with Gasteiger partial charge in [-0.05, 0) is 61.6 Å². The van der Waals surface area contributed by atoms with Crippen molar-refractivity contribution in [3.05, 3.63) is 71.7 Å². The Bertz CT molecular complexity index is 972. The van der Waals surface area contributed by atoms with Gasteiger partial charge in [-0.25, -0.2) is 4.79 Å². The minimum atomic E-state index is -0.381. The number of furan rings is 1. The van der Waals surface area contributed by atoms with Gasteiger partial charge in [0.25, 0.3) is 0 Å². The molecule has 29 heavy (non-hydrogen) atoms. The lowest BCUT2D eigenvalue weighted by atomic mass is 9.83. The summed E-state index contributed by atoms with van der Waals surface area (Å²) in [6.45, 7) is 4.41. The molecule has 1 aromatic heterocycles. The van der Waals surface area contributed by atoms with Gasteiger partial charge in [0.05, 0.1) is 6.61 Å². The molecule has 3 atom stereocenters. The van der Waals surface area contributed by atoms with Crippen molar-refractivity contribution in [2.75, 3.05) is 6.61 Å². The van der Waals surface area contributed by atoms with Gasteiger partial charge in [-0.1, -0.05) is 48.9 Å². The van der Waals surface area contributed by atoms with Crippen LogP contribution in [0.15, 0.2) is 59.0 Å². The van der Waals surface area contributed by atoms with Crippen LogP contribution in [-0.4, -0.2) is 18.6 Å². The van der Waals surface area contributed by atoms with Crippen LogP contribution in [0.4, 0.5) is 0 Å². The van der Waals surface area contributed by atoms with Crippen LogP contribution >= 0.6 is 0 Å². The van der Waals surface area contributed by atoms with Crippen molar-refractivity contribution in [3.63, 3.8) is 0 Å². The zero-order chi connectivity index (χ0) is 20.2.